The first-order valence-electron chi connectivity index (χ1n) is 5.29. The first-order valence-corrected chi connectivity index (χ1v) is 6.45. The molecule has 0 aromatic carbocycles. The molecule has 0 radical (unpaired) electrons. The molecule has 5 heteroatoms. The Kier molecular flexibility index (Phi) is 3.52. The predicted octanol–water partition coefficient (Wildman–Crippen LogP) is 1.84. The van der Waals surface area contributed by atoms with Crippen LogP contribution in [0, 0.1) is 11.3 Å². The van der Waals surface area contributed by atoms with Crippen LogP contribution in [0.25, 0.3) is 0 Å². The molecule has 4 nitrogen and oxygen atoms in total. The summed E-state index contributed by atoms with van der Waals surface area (Å²) < 4.78 is 0. The standard InChI is InChI=1S/C11H14N4S/c12-6-8-5-9(13)7-14-11(8)15-10-1-3-16-4-2-10/h5,7,10H,1-4,13H2,(H,14,15). The number of thioether (sulfide) groups is 1. The molecule has 1 aliphatic heterocycles. The van der Waals surface area contributed by atoms with Crippen molar-refractivity contribution in [1.29, 1.82) is 5.26 Å². The molecule has 1 aliphatic rings. The van der Waals surface area contributed by atoms with Crippen molar-refractivity contribution in [1.82, 2.24) is 4.98 Å². The maximum atomic E-state index is 8.98. The number of hydrogen-bond donors (Lipinski definition) is 2. The van der Waals surface area contributed by atoms with E-state index < -0.39 is 0 Å². The van der Waals surface area contributed by atoms with Crippen LogP contribution in [-0.2, 0) is 0 Å². The summed E-state index contributed by atoms with van der Waals surface area (Å²) in [5.41, 5.74) is 6.65. The number of nitrogens with two attached hydrogens (primary N) is 1. The van der Waals surface area contributed by atoms with E-state index in [9.17, 15) is 0 Å². The van der Waals surface area contributed by atoms with E-state index in [0.29, 0.717) is 23.1 Å². The van der Waals surface area contributed by atoms with E-state index in [1.807, 2.05) is 11.8 Å². The van der Waals surface area contributed by atoms with Gasteiger partial charge in [0.15, 0.2) is 0 Å². The van der Waals surface area contributed by atoms with Crippen LogP contribution in [0.2, 0.25) is 0 Å². The molecule has 2 heterocycles. The quantitative estimate of drug-likeness (QED) is 0.816. The second kappa shape index (κ2) is 5.08. The average Bonchev–Trinajstić information content (AvgIpc) is 2.33. The highest BCUT2D eigenvalue weighted by Gasteiger charge is 2.15. The zero-order chi connectivity index (χ0) is 11.4. The van der Waals surface area contributed by atoms with Crippen molar-refractivity contribution in [3.05, 3.63) is 17.8 Å². The molecule has 1 aromatic rings. The van der Waals surface area contributed by atoms with E-state index in [1.165, 1.54) is 11.5 Å². The summed E-state index contributed by atoms with van der Waals surface area (Å²) in [6.07, 6.45) is 3.84. The molecular weight excluding hydrogens is 220 g/mol. The number of anilines is 2. The summed E-state index contributed by atoms with van der Waals surface area (Å²) in [4.78, 5) is 4.18. The number of nitrogen functional groups attached to an aromatic ring is 1. The van der Waals surface area contributed by atoms with Crippen molar-refractivity contribution in [3.8, 4) is 6.07 Å². The zero-order valence-corrected chi connectivity index (χ0v) is 9.76. The van der Waals surface area contributed by atoms with Crippen molar-refractivity contribution >= 4 is 23.3 Å². The van der Waals surface area contributed by atoms with Gasteiger partial charge in [-0.3, -0.25) is 0 Å². The summed E-state index contributed by atoms with van der Waals surface area (Å²) >= 11 is 1.98. The van der Waals surface area contributed by atoms with Gasteiger partial charge in [0.1, 0.15) is 11.9 Å². The molecule has 0 saturated carbocycles. The summed E-state index contributed by atoms with van der Waals surface area (Å²) in [7, 11) is 0. The second-order valence-electron chi connectivity index (χ2n) is 3.81. The molecule has 0 unspecified atom stereocenters. The SMILES string of the molecule is N#Cc1cc(N)cnc1NC1CCSCC1. The van der Waals surface area contributed by atoms with Crippen LogP contribution in [0.5, 0.6) is 0 Å². The number of rotatable bonds is 2. The number of aromatic nitrogens is 1. The smallest absolute Gasteiger partial charge is 0.144 e. The number of nitriles is 1. The second-order valence-corrected chi connectivity index (χ2v) is 5.03. The van der Waals surface area contributed by atoms with E-state index in [-0.39, 0.29) is 0 Å². The highest BCUT2D eigenvalue weighted by atomic mass is 32.2. The minimum atomic E-state index is 0.435. The maximum absolute atomic E-state index is 8.98. The van der Waals surface area contributed by atoms with Gasteiger partial charge in [-0.2, -0.15) is 17.0 Å². The van der Waals surface area contributed by atoms with E-state index in [0.717, 1.165) is 12.8 Å². The van der Waals surface area contributed by atoms with Gasteiger partial charge in [-0.1, -0.05) is 0 Å². The molecular formula is C11H14N4S. The van der Waals surface area contributed by atoms with Crippen LogP contribution in [0.1, 0.15) is 18.4 Å². The number of nitrogens with one attached hydrogen (secondary N) is 1. The molecule has 0 atom stereocenters. The van der Waals surface area contributed by atoms with Gasteiger partial charge in [0, 0.05) is 6.04 Å². The van der Waals surface area contributed by atoms with Crippen molar-refractivity contribution in [3.63, 3.8) is 0 Å². The minimum Gasteiger partial charge on any atom is -0.397 e. The zero-order valence-electron chi connectivity index (χ0n) is 8.94. The Hall–Kier alpha value is -1.41. The van der Waals surface area contributed by atoms with Gasteiger partial charge >= 0.3 is 0 Å². The van der Waals surface area contributed by atoms with Gasteiger partial charge in [-0.25, -0.2) is 4.98 Å². The van der Waals surface area contributed by atoms with Gasteiger partial charge in [-0.15, -0.1) is 0 Å². The predicted molar refractivity (Wildman–Crippen MR) is 67.3 cm³/mol. The number of hydrogen-bond acceptors (Lipinski definition) is 5. The topological polar surface area (TPSA) is 74.7 Å². The average molecular weight is 234 g/mol. The third kappa shape index (κ3) is 2.58. The van der Waals surface area contributed by atoms with Gasteiger partial charge in [0.2, 0.25) is 0 Å². The molecule has 1 saturated heterocycles. The molecule has 0 bridgehead atoms. The van der Waals surface area contributed by atoms with Crippen LogP contribution in [0.3, 0.4) is 0 Å². The Morgan fingerprint density at radius 2 is 2.25 bits per heavy atom. The monoisotopic (exact) mass is 234 g/mol. The fraction of sp³-hybridized carbons (Fsp3) is 0.455. The van der Waals surface area contributed by atoms with E-state index in [4.69, 9.17) is 11.0 Å². The largest absolute Gasteiger partial charge is 0.397 e. The van der Waals surface area contributed by atoms with Crippen molar-refractivity contribution < 1.29 is 0 Å². The molecule has 3 N–H and O–H groups in total. The van der Waals surface area contributed by atoms with Gasteiger partial charge in [0.05, 0.1) is 17.4 Å². The number of nitrogens with zero attached hydrogens (tertiary/aromatic N) is 2. The van der Waals surface area contributed by atoms with Gasteiger partial charge < -0.3 is 11.1 Å². The molecule has 16 heavy (non-hydrogen) atoms. The molecule has 0 aliphatic carbocycles. The highest BCUT2D eigenvalue weighted by Crippen LogP contribution is 2.22. The Morgan fingerprint density at radius 3 is 2.94 bits per heavy atom. The summed E-state index contributed by atoms with van der Waals surface area (Å²) in [5, 5.41) is 12.3. The lowest BCUT2D eigenvalue weighted by molar-refractivity contribution is 0.663. The van der Waals surface area contributed by atoms with Crippen LogP contribution in [-0.4, -0.2) is 22.5 Å². The lowest BCUT2D eigenvalue weighted by Crippen LogP contribution is -2.25. The van der Waals surface area contributed by atoms with Gasteiger partial charge in [0.25, 0.3) is 0 Å². The number of pyridine rings is 1. The van der Waals surface area contributed by atoms with E-state index in [1.54, 1.807) is 12.3 Å². The maximum Gasteiger partial charge on any atom is 0.144 e. The third-order valence-electron chi connectivity index (χ3n) is 2.59. The minimum absolute atomic E-state index is 0.435. The summed E-state index contributed by atoms with van der Waals surface area (Å²) in [5.74, 6) is 3.01. The van der Waals surface area contributed by atoms with Crippen molar-refractivity contribution in [2.45, 2.75) is 18.9 Å². The van der Waals surface area contributed by atoms with Crippen LogP contribution < -0.4 is 11.1 Å². The van der Waals surface area contributed by atoms with Gasteiger partial charge in [-0.05, 0) is 30.4 Å². The van der Waals surface area contributed by atoms with Crippen LogP contribution in [0.4, 0.5) is 11.5 Å². The molecule has 1 aromatic heterocycles. The molecule has 0 amide bonds. The molecule has 84 valence electrons. The Morgan fingerprint density at radius 1 is 1.50 bits per heavy atom. The van der Waals surface area contributed by atoms with E-state index in [2.05, 4.69) is 16.4 Å². The van der Waals surface area contributed by atoms with E-state index >= 15 is 0 Å². The first kappa shape index (κ1) is 11.1. The lowest BCUT2D eigenvalue weighted by Gasteiger charge is -2.23. The molecule has 0 spiro atoms. The Balaban J connectivity index is 2.11. The Labute approximate surface area is 99.2 Å². The van der Waals surface area contributed by atoms with Crippen LogP contribution >= 0.6 is 11.8 Å². The fourth-order valence-electron chi connectivity index (χ4n) is 1.72. The molecule has 2 rings (SSSR count). The Bertz CT molecular complexity index is 407. The van der Waals surface area contributed by atoms with Crippen molar-refractivity contribution in [2.24, 2.45) is 0 Å². The lowest BCUT2D eigenvalue weighted by atomic mass is 10.1. The van der Waals surface area contributed by atoms with Crippen LogP contribution in [0.15, 0.2) is 12.3 Å². The third-order valence-corrected chi connectivity index (χ3v) is 3.64. The normalized spacial score (nSPS) is 16.7. The highest BCUT2D eigenvalue weighted by molar-refractivity contribution is 7.99. The van der Waals surface area contributed by atoms with Crippen molar-refractivity contribution in [2.75, 3.05) is 22.6 Å². The first-order chi connectivity index (χ1) is 7.79. The fourth-order valence-corrected chi connectivity index (χ4v) is 2.82. The summed E-state index contributed by atoms with van der Waals surface area (Å²) in [6, 6.07) is 4.21. The molecule has 1 fully saturated rings. The summed E-state index contributed by atoms with van der Waals surface area (Å²) in [6.45, 7) is 0.